The maximum absolute atomic E-state index is 11.9. The minimum absolute atomic E-state index is 0.0201. The molecule has 138 valence electrons. The molecule has 25 heavy (non-hydrogen) atoms. The van der Waals surface area contributed by atoms with Crippen LogP contribution in [0, 0.1) is 5.92 Å². The summed E-state index contributed by atoms with van der Waals surface area (Å²) in [6.45, 7) is 12.9. The summed E-state index contributed by atoms with van der Waals surface area (Å²) in [6.07, 6.45) is 1.40. The summed E-state index contributed by atoms with van der Waals surface area (Å²) in [5, 5.41) is 3.00. The number of amides is 1. The van der Waals surface area contributed by atoms with Gasteiger partial charge in [0.15, 0.2) is 5.71 Å². The molecule has 1 aliphatic heterocycles. The lowest BCUT2D eigenvalue weighted by molar-refractivity contribution is -0.405. The molecule has 0 fully saturated rings. The van der Waals surface area contributed by atoms with Gasteiger partial charge in [0.25, 0.3) is 0 Å². The van der Waals surface area contributed by atoms with Gasteiger partial charge in [0.05, 0.1) is 12.0 Å². The molecule has 1 aliphatic rings. The number of ether oxygens (including phenoxy) is 1. The van der Waals surface area contributed by atoms with Crippen LogP contribution in [0.25, 0.3) is 0 Å². The number of hydrogen-bond acceptors (Lipinski definition) is 2. The van der Waals surface area contributed by atoms with Gasteiger partial charge in [-0.3, -0.25) is 4.79 Å². The summed E-state index contributed by atoms with van der Waals surface area (Å²) < 4.78 is 7.70. The van der Waals surface area contributed by atoms with Crippen molar-refractivity contribution in [3.63, 3.8) is 0 Å². The molecule has 4 heteroatoms. The number of hydrogen-bond donors (Lipinski definition) is 1. The summed E-state index contributed by atoms with van der Waals surface area (Å²) in [7, 11) is 2.15. The van der Waals surface area contributed by atoms with E-state index in [1.807, 2.05) is 0 Å². The van der Waals surface area contributed by atoms with Crippen molar-refractivity contribution in [2.45, 2.75) is 59.4 Å². The molecule has 1 heterocycles. The molecule has 1 amide bonds. The van der Waals surface area contributed by atoms with E-state index < -0.39 is 0 Å². The molecule has 0 bridgehead atoms. The lowest BCUT2D eigenvalue weighted by Crippen LogP contribution is -2.32. The Hall–Kier alpha value is -1.68. The van der Waals surface area contributed by atoms with Crippen molar-refractivity contribution in [2.75, 3.05) is 20.3 Å². The normalized spacial score (nSPS) is 15.6. The summed E-state index contributed by atoms with van der Waals surface area (Å²) in [6, 6.07) is 6.54. The van der Waals surface area contributed by atoms with E-state index in [1.54, 1.807) is 0 Å². The van der Waals surface area contributed by atoms with Crippen molar-refractivity contribution < 1.29 is 14.1 Å². The standard InChI is InChI=1S/C21H32N2O2/c1-7-11-25-12-10-19(24)22-14-16-8-9-18-17(13-16)21(4,5)20(15(2)3)23(18)6/h8-9,13,15H,7,10-12,14H2,1-6H3/p+1. The van der Waals surface area contributed by atoms with E-state index in [0.717, 1.165) is 18.6 Å². The van der Waals surface area contributed by atoms with Crippen LogP contribution in [-0.4, -0.2) is 36.5 Å². The fraction of sp³-hybridized carbons (Fsp3) is 0.619. The van der Waals surface area contributed by atoms with Gasteiger partial charge in [-0.2, -0.15) is 0 Å². The fourth-order valence-corrected chi connectivity index (χ4v) is 3.98. The molecular formula is C21H33N2O2+. The molecule has 0 spiro atoms. The SMILES string of the molecule is CCCOCCC(=O)NCc1ccc2c(c1)C(C)(C)C(C(C)C)=[N+]2C. The van der Waals surface area contributed by atoms with Gasteiger partial charge in [-0.15, -0.1) is 0 Å². The number of benzene rings is 1. The Labute approximate surface area is 152 Å². The van der Waals surface area contributed by atoms with E-state index in [4.69, 9.17) is 4.74 Å². The summed E-state index contributed by atoms with van der Waals surface area (Å²) in [5.41, 5.74) is 5.23. The van der Waals surface area contributed by atoms with Crippen molar-refractivity contribution in [1.82, 2.24) is 5.32 Å². The number of carbonyl (C=O) groups excluding carboxylic acids is 1. The monoisotopic (exact) mass is 345 g/mol. The van der Waals surface area contributed by atoms with Gasteiger partial charge < -0.3 is 10.1 Å². The number of carbonyl (C=O) groups is 1. The average Bonchev–Trinajstić information content (AvgIpc) is 2.75. The predicted octanol–water partition coefficient (Wildman–Crippen LogP) is 3.78. The molecule has 1 N–H and O–H groups in total. The third-order valence-corrected chi connectivity index (χ3v) is 4.96. The van der Waals surface area contributed by atoms with Gasteiger partial charge in [0, 0.05) is 37.1 Å². The molecule has 0 unspecified atom stereocenters. The highest BCUT2D eigenvalue weighted by Gasteiger charge is 2.45. The molecule has 1 aromatic carbocycles. The first kappa shape index (κ1) is 19.6. The maximum Gasteiger partial charge on any atom is 0.222 e. The minimum Gasteiger partial charge on any atom is -0.381 e. The van der Waals surface area contributed by atoms with Crippen LogP contribution in [0.15, 0.2) is 18.2 Å². The lowest BCUT2D eigenvalue weighted by atomic mass is 9.77. The highest BCUT2D eigenvalue weighted by molar-refractivity contribution is 5.96. The number of fused-ring (bicyclic) bond motifs is 1. The predicted molar refractivity (Wildman–Crippen MR) is 103 cm³/mol. The minimum atomic E-state index is 0.0201. The van der Waals surface area contributed by atoms with Crippen molar-refractivity contribution in [2.24, 2.45) is 5.92 Å². The molecule has 2 rings (SSSR count). The molecule has 0 saturated heterocycles. The largest absolute Gasteiger partial charge is 0.381 e. The topological polar surface area (TPSA) is 41.3 Å². The second kappa shape index (κ2) is 8.13. The Kier molecular flexibility index (Phi) is 6.39. The zero-order chi connectivity index (χ0) is 18.6. The van der Waals surface area contributed by atoms with E-state index >= 15 is 0 Å². The van der Waals surface area contributed by atoms with Crippen LogP contribution in [0.3, 0.4) is 0 Å². The van der Waals surface area contributed by atoms with Crippen LogP contribution in [0.5, 0.6) is 0 Å². The second-order valence-electron chi connectivity index (χ2n) is 7.71. The Bertz CT molecular complexity index is 660. The van der Waals surface area contributed by atoms with E-state index in [0.29, 0.717) is 25.5 Å². The first-order chi connectivity index (χ1) is 11.8. The fourth-order valence-electron chi connectivity index (χ4n) is 3.98. The second-order valence-corrected chi connectivity index (χ2v) is 7.71. The molecule has 4 nitrogen and oxygen atoms in total. The number of nitrogens with zero attached hydrogens (tertiary/aromatic N) is 1. The van der Waals surface area contributed by atoms with Crippen molar-refractivity contribution in [3.8, 4) is 0 Å². The summed E-state index contributed by atoms with van der Waals surface area (Å²) in [5.74, 6) is 0.543. The van der Waals surface area contributed by atoms with Gasteiger partial charge in [0.2, 0.25) is 11.6 Å². The van der Waals surface area contributed by atoms with Gasteiger partial charge in [-0.1, -0.05) is 26.8 Å². The molecule has 0 saturated carbocycles. The maximum atomic E-state index is 11.9. The molecule has 0 radical (unpaired) electrons. The van der Waals surface area contributed by atoms with Crippen LogP contribution in [0.2, 0.25) is 0 Å². The van der Waals surface area contributed by atoms with Crippen LogP contribution >= 0.6 is 0 Å². The Morgan fingerprint density at radius 1 is 1.28 bits per heavy atom. The zero-order valence-electron chi connectivity index (χ0n) is 16.6. The third-order valence-electron chi connectivity index (χ3n) is 4.96. The van der Waals surface area contributed by atoms with Gasteiger partial charge in [-0.25, -0.2) is 4.58 Å². The molecule has 0 atom stereocenters. The van der Waals surface area contributed by atoms with E-state index in [9.17, 15) is 4.79 Å². The van der Waals surface area contributed by atoms with Crippen LogP contribution < -0.4 is 5.32 Å². The zero-order valence-corrected chi connectivity index (χ0v) is 16.6. The highest BCUT2D eigenvalue weighted by Crippen LogP contribution is 2.41. The van der Waals surface area contributed by atoms with Crippen molar-refractivity contribution >= 4 is 17.3 Å². The van der Waals surface area contributed by atoms with Gasteiger partial charge in [0.1, 0.15) is 7.05 Å². The quantitative estimate of drug-likeness (QED) is 0.575. The van der Waals surface area contributed by atoms with E-state index in [-0.39, 0.29) is 11.3 Å². The summed E-state index contributed by atoms with van der Waals surface area (Å²) in [4.78, 5) is 11.9. The number of nitrogens with one attached hydrogen (secondary N) is 1. The van der Waals surface area contributed by atoms with Crippen LogP contribution in [0.1, 0.15) is 58.6 Å². The van der Waals surface area contributed by atoms with Crippen molar-refractivity contribution in [3.05, 3.63) is 29.3 Å². The summed E-state index contributed by atoms with van der Waals surface area (Å²) >= 11 is 0. The smallest absolute Gasteiger partial charge is 0.222 e. The van der Waals surface area contributed by atoms with Crippen molar-refractivity contribution in [1.29, 1.82) is 0 Å². The first-order valence-corrected chi connectivity index (χ1v) is 9.38. The molecular weight excluding hydrogens is 312 g/mol. The van der Waals surface area contributed by atoms with Gasteiger partial charge in [-0.05, 0) is 31.9 Å². The third kappa shape index (κ3) is 4.30. The molecule has 0 aromatic heterocycles. The van der Waals surface area contributed by atoms with Gasteiger partial charge >= 0.3 is 0 Å². The Morgan fingerprint density at radius 2 is 2.00 bits per heavy atom. The highest BCUT2D eigenvalue weighted by atomic mass is 16.5. The van der Waals surface area contributed by atoms with E-state index in [2.05, 4.69) is 69.8 Å². The lowest BCUT2D eigenvalue weighted by Gasteiger charge is -2.20. The molecule has 0 aliphatic carbocycles. The van der Waals surface area contributed by atoms with E-state index in [1.165, 1.54) is 17.0 Å². The average molecular weight is 346 g/mol. The molecule has 1 aromatic rings. The Balaban J connectivity index is 2.02. The van der Waals surface area contributed by atoms with Crippen LogP contribution in [-0.2, 0) is 21.5 Å². The van der Waals surface area contributed by atoms with Crippen LogP contribution in [0.4, 0.5) is 5.69 Å². The number of rotatable bonds is 8. The Morgan fingerprint density at radius 3 is 2.64 bits per heavy atom. The first-order valence-electron chi connectivity index (χ1n) is 9.38.